The molecule has 1 N–H and O–H groups in total. The summed E-state index contributed by atoms with van der Waals surface area (Å²) in [6.07, 6.45) is 5.93. The molecule has 0 saturated heterocycles. The van der Waals surface area contributed by atoms with Gasteiger partial charge in [-0.1, -0.05) is 11.6 Å². The third-order valence-electron chi connectivity index (χ3n) is 3.18. The van der Waals surface area contributed by atoms with Gasteiger partial charge in [-0.3, -0.25) is 4.98 Å². The summed E-state index contributed by atoms with van der Waals surface area (Å²) in [5.41, 5.74) is 1.90. The molecule has 0 atom stereocenters. The van der Waals surface area contributed by atoms with Gasteiger partial charge in [-0.25, -0.2) is 4.98 Å². The number of ether oxygens (including phenoxy) is 1. The molecule has 5 heteroatoms. The Morgan fingerprint density at radius 2 is 2.15 bits per heavy atom. The zero-order valence-electron chi connectivity index (χ0n) is 11.3. The molecule has 1 heterocycles. The lowest BCUT2D eigenvalue weighted by molar-refractivity contribution is 0.458. The number of aryl methyl sites for hydroxylation is 1. The highest BCUT2D eigenvalue weighted by molar-refractivity contribution is 6.31. The first-order valence-electron chi connectivity index (χ1n) is 6.69. The summed E-state index contributed by atoms with van der Waals surface area (Å²) in [5.74, 6) is 1.20. The van der Waals surface area contributed by atoms with Crippen LogP contribution < -0.4 is 10.1 Å². The lowest BCUT2D eigenvalue weighted by Gasteiger charge is -2.07. The third kappa shape index (κ3) is 3.46. The molecule has 104 valence electrons. The third-order valence-corrected chi connectivity index (χ3v) is 3.61. The lowest BCUT2D eigenvalue weighted by atomic mass is 10.2. The van der Waals surface area contributed by atoms with Gasteiger partial charge in [0.2, 0.25) is 5.88 Å². The number of rotatable bonds is 5. The molecule has 0 bridgehead atoms. The molecule has 1 aromatic carbocycles. The minimum Gasteiger partial charge on any atom is -0.437 e. The van der Waals surface area contributed by atoms with Crippen molar-refractivity contribution >= 4 is 11.6 Å². The zero-order valence-corrected chi connectivity index (χ0v) is 12.0. The van der Waals surface area contributed by atoms with Crippen LogP contribution in [0.15, 0.2) is 30.6 Å². The van der Waals surface area contributed by atoms with E-state index >= 15 is 0 Å². The molecule has 0 radical (unpaired) electrons. The number of halogens is 1. The van der Waals surface area contributed by atoms with Crippen LogP contribution in [-0.2, 0) is 6.54 Å². The summed E-state index contributed by atoms with van der Waals surface area (Å²) in [7, 11) is 0. The first-order chi connectivity index (χ1) is 9.70. The van der Waals surface area contributed by atoms with Crippen molar-refractivity contribution in [3.05, 3.63) is 46.9 Å². The van der Waals surface area contributed by atoms with Crippen molar-refractivity contribution in [1.29, 1.82) is 0 Å². The average molecular weight is 290 g/mol. The van der Waals surface area contributed by atoms with Crippen LogP contribution in [0.5, 0.6) is 11.6 Å². The Balaban J connectivity index is 1.62. The largest absolute Gasteiger partial charge is 0.437 e. The molecule has 2 aromatic rings. The van der Waals surface area contributed by atoms with Gasteiger partial charge in [0.05, 0.1) is 18.1 Å². The van der Waals surface area contributed by atoms with Crippen molar-refractivity contribution in [2.24, 2.45) is 0 Å². The second kappa shape index (κ2) is 5.77. The molecule has 0 aliphatic heterocycles. The molecular formula is C15H16ClN3O. The van der Waals surface area contributed by atoms with E-state index in [1.807, 2.05) is 25.1 Å². The highest BCUT2D eigenvalue weighted by Gasteiger charge is 2.20. The fourth-order valence-corrected chi connectivity index (χ4v) is 1.94. The van der Waals surface area contributed by atoms with E-state index in [-0.39, 0.29) is 0 Å². The standard InChI is InChI=1S/C15H16ClN3O/c1-10-6-13(4-5-14(10)16)20-15-9-18-12(8-19-15)7-17-11-2-3-11/h4-6,8-9,11,17H,2-3,7H2,1H3. The Morgan fingerprint density at radius 3 is 2.80 bits per heavy atom. The summed E-state index contributed by atoms with van der Waals surface area (Å²) in [6, 6.07) is 6.18. The van der Waals surface area contributed by atoms with Gasteiger partial charge in [0.15, 0.2) is 0 Å². The predicted molar refractivity (Wildman–Crippen MR) is 78.2 cm³/mol. The molecule has 0 amide bonds. The van der Waals surface area contributed by atoms with Crippen molar-refractivity contribution in [2.75, 3.05) is 0 Å². The number of nitrogens with one attached hydrogen (secondary N) is 1. The highest BCUT2D eigenvalue weighted by atomic mass is 35.5. The quantitative estimate of drug-likeness (QED) is 0.915. The van der Waals surface area contributed by atoms with E-state index in [0.29, 0.717) is 17.7 Å². The van der Waals surface area contributed by atoms with E-state index in [4.69, 9.17) is 16.3 Å². The minimum absolute atomic E-state index is 0.488. The van der Waals surface area contributed by atoms with Crippen LogP contribution in [-0.4, -0.2) is 16.0 Å². The van der Waals surface area contributed by atoms with Crippen LogP contribution in [0.2, 0.25) is 5.02 Å². The van der Waals surface area contributed by atoms with Gasteiger partial charge in [-0.05, 0) is 43.5 Å². The normalized spacial score (nSPS) is 14.3. The van der Waals surface area contributed by atoms with Gasteiger partial charge in [0.1, 0.15) is 5.75 Å². The summed E-state index contributed by atoms with van der Waals surface area (Å²) in [5, 5.41) is 4.12. The Kier molecular flexibility index (Phi) is 3.85. The zero-order chi connectivity index (χ0) is 13.9. The SMILES string of the molecule is Cc1cc(Oc2cnc(CNC3CC3)cn2)ccc1Cl. The number of hydrogen-bond donors (Lipinski definition) is 1. The lowest BCUT2D eigenvalue weighted by Crippen LogP contribution is -2.16. The molecule has 3 rings (SSSR count). The monoisotopic (exact) mass is 289 g/mol. The molecule has 1 saturated carbocycles. The molecule has 0 unspecified atom stereocenters. The number of hydrogen-bond acceptors (Lipinski definition) is 4. The van der Waals surface area contributed by atoms with Gasteiger partial charge < -0.3 is 10.1 Å². The molecule has 1 fully saturated rings. The Hall–Kier alpha value is -1.65. The Bertz CT molecular complexity index is 597. The van der Waals surface area contributed by atoms with Crippen LogP contribution in [0.3, 0.4) is 0 Å². The molecule has 20 heavy (non-hydrogen) atoms. The fraction of sp³-hybridized carbons (Fsp3) is 0.333. The van der Waals surface area contributed by atoms with E-state index < -0.39 is 0 Å². The van der Waals surface area contributed by atoms with E-state index in [1.54, 1.807) is 12.4 Å². The van der Waals surface area contributed by atoms with Gasteiger partial charge in [0, 0.05) is 17.6 Å². The maximum Gasteiger partial charge on any atom is 0.237 e. The Morgan fingerprint density at radius 1 is 1.30 bits per heavy atom. The number of benzene rings is 1. The van der Waals surface area contributed by atoms with Gasteiger partial charge in [0.25, 0.3) is 0 Å². The minimum atomic E-state index is 0.488. The van der Waals surface area contributed by atoms with Crippen LogP contribution >= 0.6 is 11.6 Å². The van der Waals surface area contributed by atoms with Crippen molar-refractivity contribution in [2.45, 2.75) is 32.4 Å². The van der Waals surface area contributed by atoms with Crippen LogP contribution in [0.1, 0.15) is 24.1 Å². The van der Waals surface area contributed by atoms with Gasteiger partial charge in [-0.15, -0.1) is 0 Å². The van der Waals surface area contributed by atoms with Crippen LogP contribution in [0, 0.1) is 6.92 Å². The maximum absolute atomic E-state index is 5.98. The van der Waals surface area contributed by atoms with Crippen LogP contribution in [0.25, 0.3) is 0 Å². The Labute approximate surface area is 123 Å². The number of nitrogens with zero attached hydrogens (tertiary/aromatic N) is 2. The van der Waals surface area contributed by atoms with Crippen molar-refractivity contribution in [1.82, 2.24) is 15.3 Å². The summed E-state index contributed by atoms with van der Waals surface area (Å²) in [6.45, 7) is 2.70. The molecule has 4 nitrogen and oxygen atoms in total. The molecule has 0 spiro atoms. The maximum atomic E-state index is 5.98. The first kappa shape index (κ1) is 13.3. The molecule has 1 aromatic heterocycles. The molecule has 1 aliphatic carbocycles. The van der Waals surface area contributed by atoms with Crippen LogP contribution in [0.4, 0.5) is 0 Å². The van der Waals surface area contributed by atoms with Crippen molar-refractivity contribution in [3.8, 4) is 11.6 Å². The van der Waals surface area contributed by atoms with Crippen molar-refractivity contribution < 1.29 is 4.74 Å². The van der Waals surface area contributed by atoms with Crippen molar-refractivity contribution in [3.63, 3.8) is 0 Å². The van der Waals surface area contributed by atoms with Gasteiger partial charge >= 0.3 is 0 Å². The first-order valence-corrected chi connectivity index (χ1v) is 7.07. The molecule has 1 aliphatic rings. The van der Waals surface area contributed by atoms with Gasteiger partial charge in [-0.2, -0.15) is 0 Å². The fourth-order valence-electron chi connectivity index (χ4n) is 1.82. The highest BCUT2D eigenvalue weighted by Crippen LogP contribution is 2.24. The van der Waals surface area contributed by atoms with E-state index in [1.165, 1.54) is 12.8 Å². The summed E-state index contributed by atoms with van der Waals surface area (Å²) < 4.78 is 5.65. The predicted octanol–water partition coefficient (Wildman–Crippen LogP) is 3.48. The molecular weight excluding hydrogens is 274 g/mol. The summed E-state index contributed by atoms with van der Waals surface area (Å²) >= 11 is 5.98. The van der Waals surface area contributed by atoms with E-state index in [2.05, 4.69) is 15.3 Å². The smallest absolute Gasteiger partial charge is 0.237 e. The number of aromatic nitrogens is 2. The summed E-state index contributed by atoms with van der Waals surface area (Å²) in [4.78, 5) is 8.61. The second-order valence-electron chi connectivity index (χ2n) is 5.01. The van der Waals surface area contributed by atoms with E-state index in [9.17, 15) is 0 Å². The second-order valence-corrected chi connectivity index (χ2v) is 5.42. The average Bonchev–Trinajstić information content (AvgIpc) is 3.26. The topological polar surface area (TPSA) is 47.0 Å². The van der Waals surface area contributed by atoms with E-state index in [0.717, 1.165) is 22.8 Å².